The van der Waals surface area contributed by atoms with E-state index in [9.17, 15) is 27.5 Å². The molecule has 3 aliphatic rings. The fourth-order valence-corrected chi connectivity index (χ4v) is 6.30. The van der Waals surface area contributed by atoms with Crippen molar-refractivity contribution >= 4 is 21.8 Å². The van der Waals surface area contributed by atoms with Gasteiger partial charge >= 0.3 is 6.09 Å². The van der Waals surface area contributed by atoms with Crippen LogP contribution in [0.5, 0.6) is 0 Å². The summed E-state index contributed by atoms with van der Waals surface area (Å²) >= 11 is 0. The molecule has 0 bridgehead atoms. The van der Waals surface area contributed by atoms with Gasteiger partial charge in [0.05, 0.1) is 30.7 Å². The molecule has 4 heterocycles. The van der Waals surface area contributed by atoms with E-state index in [4.69, 9.17) is 4.74 Å². The van der Waals surface area contributed by atoms with Crippen molar-refractivity contribution in [2.24, 2.45) is 0 Å². The number of likely N-dealkylation sites (tertiary alicyclic amines) is 1. The standard InChI is InChI=1S/C20H21FN4O6S/c21-15-3-1-2-13-17-14(11-32(29,30)18(13)15)16(19(26)23-6-8-31-9-7-23)22-25(17)12-4-5-24(10-12)20(27)28/h1-3,12H,4-11H2,(H,27,28). The molecule has 0 aliphatic carbocycles. The first kappa shape index (κ1) is 20.9. The lowest BCUT2D eigenvalue weighted by Gasteiger charge is -2.26. The van der Waals surface area contributed by atoms with Gasteiger partial charge in [0.25, 0.3) is 5.91 Å². The van der Waals surface area contributed by atoms with E-state index < -0.39 is 44.3 Å². The van der Waals surface area contributed by atoms with E-state index in [2.05, 4.69) is 5.10 Å². The van der Waals surface area contributed by atoms with Crippen LogP contribution in [0, 0.1) is 5.82 Å². The van der Waals surface area contributed by atoms with Crippen LogP contribution in [0.25, 0.3) is 11.3 Å². The number of amides is 2. The minimum absolute atomic E-state index is 0.00848. The van der Waals surface area contributed by atoms with Gasteiger partial charge in [0.2, 0.25) is 0 Å². The van der Waals surface area contributed by atoms with Crippen LogP contribution in [-0.4, -0.2) is 84.5 Å². The first-order valence-electron chi connectivity index (χ1n) is 10.3. The highest BCUT2D eigenvalue weighted by atomic mass is 32.2. The van der Waals surface area contributed by atoms with Crippen molar-refractivity contribution in [3.8, 4) is 11.3 Å². The molecular weight excluding hydrogens is 443 g/mol. The lowest BCUT2D eigenvalue weighted by atomic mass is 10.0. The zero-order chi connectivity index (χ0) is 22.6. The average molecular weight is 464 g/mol. The molecule has 2 saturated heterocycles. The largest absolute Gasteiger partial charge is 0.465 e. The summed E-state index contributed by atoms with van der Waals surface area (Å²) in [6.45, 7) is 1.89. The van der Waals surface area contributed by atoms with E-state index in [0.29, 0.717) is 38.4 Å². The Balaban J connectivity index is 1.68. The highest BCUT2D eigenvalue weighted by molar-refractivity contribution is 7.91. The molecule has 2 amide bonds. The van der Waals surface area contributed by atoms with Crippen LogP contribution in [0.3, 0.4) is 0 Å². The first-order valence-corrected chi connectivity index (χ1v) is 11.9. The fourth-order valence-electron chi connectivity index (χ4n) is 4.63. The van der Waals surface area contributed by atoms with E-state index in [1.807, 2.05) is 0 Å². The zero-order valence-electron chi connectivity index (χ0n) is 17.0. The minimum Gasteiger partial charge on any atom is -0.465 e. The quantitative estimate of drug-likeness (QED) is 0.712. The van der Waals surface area contributed by atoms with Gasteiger partial charge in [-0.15, -0.1) is 0 Å². The van der Waals surface area contributed by atoms with Crippen LogP contribution in [0.2, 0.25) is 0 Å². The Hall–Kier alpha value is -2.99. The van der Waals surface area contributed by atoms with Gasteiger partial charge in [-0.1, -0.05) is 12.1 Å². The molecule has 0 saturated carbocycles. The fraction of sp³-hybridized carbons (Fsp3) is 0.450. The number of hydrogen-bond donors (Lipinski definition) is 1. The van der Waals surface area contributed by atoms with E-state index in [0.717, 1.165) is 6.07 Å². The zero-order valence-corrected chi connectivity index (χ0v) is 17.8. The first-order chi connectivity index (χ1) is 15.3. The highest BCUT2D eigenvalue weighted by Crippen LogP contribution is 2.43. The lowest BCUT2D eigenvalue weighted by molar-refractivity contribution is 0.0297. The Morgan fingerprint density at radius 2 is 1.91 bits per heavy atom. The number of nitrogens with zero attached hydrogens (tertiary/aromatic N) is 4. The Labute approximate surface area is 183 Å². The summed E-state index contributed by atoms with van der Waals surface area (Å²) in [6.07, 6.45) is -0.615. The molecule has 1 N–H and O–H groups in total. The predicted molar refractivity (Wildman–Crippen MR) is 108 cm³/mol. The van der Waals surface area contributed by atoms with Crippen molar-refractivity contribution < 1.29 is 32.2 Å². The molecule has 12 heteroatoms. The van der Waals surface area contributed by atoms with Crippen LogP contribution in [0.15, 0.2) is 23.1 Å². The third-order valence-corrected chi connectivity index (χ3v) is 7.86. The number of hydrogen-bond acceptors (Lipinski definition) is 6. The molecule has 1 unspecified atom stereocenters. The Morgan fingerprint density at radius 3 is 2.59 bits per heavy atom. The molecule has 3 aliphatic heterocycles. The normalized spacial score (nSPS) is 21.8. The monoisotopic (exact) mass is 464 g/mol. The summed E-state index contributed by atoms with van der Waals surface area (Å²) in [5.41, 5.74) is 0.749. The number of carbonyl (C=O) groups excluding carboxylic acids is 1. The summed E-state index contributed by atoms with van der Waals surface area (Å²) in [4.78, 5) is 27.1. The van der Waals surface area contributed by atoms with E-state index >= 15 is 0 Å². The molecule has 2 aromatic rings. The Kier molecular flexibility index (Phi) is 4.93. The molecule has 1 atom stereocenters. The van der Waals surface area contributed by atoms with Crippen molar-refractivity contribution in [2.75, 3.05) is 39.4 Å². The van der Waals surface area contributed by atoms with Gasteiger partial charge in [0, 0.05) is 37.3 Å². The summed E-state index contributed by atoms with van der Waals surface area (Å²) in [5.74, 6) is -1.82. The summed E-state index contributed by atoms with van der Waals surface area (Å²) in [6, 6.07) is 3.60. The molecule has 1 aromatic carbocycles. The van der Waals surface area contributed by atoms with Gasteiger partial charge in [-0.2, -0.15) is 5.10 Å². The van der Waals surface area contributed by atoms with Gasteiger partial charge in [-0.05, 0) is 12.5 Å². The maximum absolute atomic E-state index is 14.6. The third kappa shape index (κ3) is 3.25. The smallest absolute Gasteiger partial charge is 0.407 e. The van der Waals surface area contributed by atoms with Crippen LogP contribution < -0.4 is 0 Å². The van der Waals surface area contributed by atoms with Crippen molar-refractivity contribution in [3.05, 3.63) is 35.3 Å². The number of benzene rings is 1. The summed E-state index contributed by atoms with van der Waals surface area (Å²) in [7, 11) is -4.04. The molecule has 1 aromatic heterocycles. The van der Waals surface area contributed by atoms with Gasteiger partial charge in [0.1, 0.15) is 10.7 Å². The molecular formula is C20H21FN4O6S. The van der Waals surface area contributed by atoms with Gasteiger partial charge in [0.15, 0.2) is 15.5 Å². The number of rotatable bonds is 2. The number of morpholine rings is 1. The predicted octanol–water partition coefficient (Wildman–Crippen LogP) is 1.37. The minimum atomic E-state index is -4.04. The molecule has 170 valence electrons. The van der Waals surface area contributed by atoms with Crippen LogP contribution in [0.4, 0.5) is 9.18 Å². The second kappa shape index (κ2) is 7.55. The van der Waals surface area contributed by atoms with E-state index in [-0.39, 0.29) is 29.9 Å². The summed E-state index contributed by atoms with van der Waals surface area (Å²) < 4.78 is 47.4. The van der Waals surface area contributed by atoms with Gasteiger partial charge < -0.3 is 19.6 Å². The van der Waals surface area contributed by atoms with Crippen molar-refractivity contribution in [1.29, 1.82) is 0 Å². The van der Waals surface area contributed by atoms with Gasteiger partial charge in [-0.25, -0.2) is 17.6 Å². The van der Waals surface area contributed by atoms with Crippen molar-refractivity contribution in [1.82, 2.24) is 19.6 Å². The maximum atomic E-state index is 14.6. The van der Waals surface area contributed by atoms with Crippen molar-refractivity contribution in [3.63, 3.8) is 0 Å². The number of fused-ring (bicyclic) bond motifs is 3. The topological polar surface area (TPSA) is 122 Å². The molecule has 32 heavy (non-hydrogen) atoms. The van der Waals surface area contributed by atoms with E-state index in [1.54, 1.807) is 4.90 Å². The SMILES string of the molecule is O=C(O)N1CCC(n2nc(C(=O)N3CCOCC3)c3c2-c2cccc(F)c2S(=O)(=O)C3)C1. The molecule has 2 fully saturated rings. The second-order valence-corrected chi connectivity index (χ2v) is 10.00. The third-order valence-electron chi connectivity index (χ3n) is 6.16. The number of sulfone groups is 1. The maximum Gasteiger partial charge on any atom is 0.407 e. The number of carbonyl (C=O) groups is 2. The highest BCUT2D eigenvalue weighted by Gasteiger charge is 2.41. The van der Waals surface area contributed by atoms with E-state index in [1.165, 1.54) is 21.7 Å². The Bertz CT molecular complexity index is 1220. The van der Waals surface area contributed by atoms with Gasteiger partial charge in [-0.3, -0.25) is 9.48 Å². The number of aromatic nitrogens is 2. The van der Waals surface area contributed by atoms with Crippen LogP contribution in [-0.2, 0) is 20.3 Å². The summed E-state index contributed by atoms with van der Waals surface area (Å²) in [5, 5.41) is 13.9. The molecule has 10 nitrogen and oxygen atoms in total. The number of carboxylic acid groups (broad SMARTS) is 1. The molecule has 0 spiro atoms. The molecule has 5 rings (SSSR count). The number of halogens is 1. The molecule has 0 radical (unpaired) electrons. The Morgan fingerprint density at radius 1 is 1.16 bits per heavy atom. The van der Waals surface area contributed by atoms with Crippen LogP contribution >= 0.6 is 0 Å². The average Bonchev–Trinajstić information content (AvgIpc) is 3.38. The number of ether oxygens (including phenoxy) is 1. The lowest BCUT2D eigenvalue weighted by Crippen LogP contribution is -2.41. The van der Waals surface area contributed by atoms with Crippen LogP contribution in [0.1, 0.15) is 28.5 Å². The van der Waals surface area contributed by atoms with Crippen molar-refractivity contribution in [2.45, 2.75) is 23.1 Å². The second-order valence-electron chi connectivity index (χ2n) is 8.07.